The largest absolute Gasteiger partial charge is 0.494 e. The minimum atomic E-state index is 0.635. The molecular formula is C17H20Cl2O2. The van der Waals surface area contributed by atoms with E-state index >= 15 is 0 Å². The maximum Gasteiger partial charge on any atom is 0.138 e. The second kappa shape index (κ2) is 8.35. The summed E-state index contributed by atoms with van der Waals surface area (Å²) in [5.74, 6) is 2.26. The standard InChI is InChI=1S/C17H20Cl2O2/c1-2-10-20-14-6-7-15-13(12-14)5-8-16(17(15)19)21-11-4-3-9-18/h5-8,12H,2-4,9-11H2,1H3. The molecule has 0 heterocycles. The van der Waals surface area contributed by atoms with Crippen LogP contribution in [0.25, 0.3) is 10.8 Å². The van der Waals surface area contributed by atoms with Crippen LogP contribution >= 0.6 is 23.2 Å². The fourth-order valence-electron chi connectivity index (χ4n) is 2.05. The average molecular weight is 327 g/mol. The number of alkyl halides is 1. The third kappa shape index (κ3) is 4.42. The lowest BCUT2D eigenvalue weighted by Crippen LogP contribution is -1.98. The highest BCUT2D eigenvalue weighted by Gasteiger charge is 2.07. The van der Waals surface area contributed by atoms with E-state index in [9.17, 15) is 0 Å². The zero-order valence-corrected chi connectivity index (χ0v) is 13.7. The van der Waals surface area contributed by atoms with Crippen LogP contribution in [0.2, 0.25) is 5.02 Å². The van der Waals surface area contributed by atoms with Gasteiger partial charge in [0.25, 0.3) is 0 Å². The first kappa shape index (κ1) is 16.3. The Morgan fingerprint density at radius 2 is 1.86 bits per heavy atom. The molecule has 2 rings (SSSR count). The molecule has 21 heavy (non-hydrogen) atoms. The lowest BCUT2D eigenvalue weighted by molar-refractivity contribution is 0.310. The van der Waals surface area contributed by atoms with Gasteiger partial charge in [-0.15, -0.1) is 11.6 Å². The molecule has 0 fully saturated rings. The summed E-state index contributed by atoms with van der Waals surface area (Å²) in [5.41, 5.74) is 0. The lowest BCUT2D eigenvalue weighted by atomic mass is 10.1. The molecule has 0 aliphatic rings. The first-order valence-corrected chi connectivity index (χ1v) is 8.21. The van der Waals surface area contributed by atoms with Gasteiger partial charge in [-0.2, -0.15) is 0 Å². The highest BCUT2D eigenvalue weighted by Crippen LogP contribution is 2.34. The summed E-state index contributed by atoms with van der Waals surface area (Å²) in [6.45, 7) is 3.45. The highest BCUT2D eigenvalue weighted by atomic mass is 35.5. The Morgan fingerprint density at radius 3 is 2.62 bits per heavy atom. The number of ether oxygens (including phenoxy) is 2. The summed E-state index contributed by atoms with van der Waals surface area (Å²) in [7, 11) is 0. The van der Waals surface area contributed by atoms with E-state index in [-0.39, 0.29) is 0 Å². The number of hydrogen-bond acceptors (Lipinski definition) is 2. The molecule has 0 bridgehead atoms. The van der Waals surface area contributed by atoms with Crippen molar-refractivity contribution in [3.63, 3.8) is 0 Å². The Balaban J connectivity index is 2.14. The molecule has 0 N–H and O–H groups in total. The molecule has 0 unspecified atom stereocenters. The fourth-order valence-corrected chi connectivity index (χ4v) is 2.53. The van der Waals surface area contributed by atoms with Gasteiger partial charge in [0.2, 0.25) is 0 Å². The summed E-state index contributed by atoms with van der Waals surface area (Å²) in [4.78, 5) is 0. The van der Waals surface area contributed by atoms with Crippen molar-refractivity contribution in [3.05, 3.63) is 35.4 Å². The Kier molecular flexibility index (Phi) is 6.47. The molecule has 114 valence electrons. The molecule has 0 aliphatic heterocycles. The van der Waals surface area contributed by atoms with Crippen LogP contribution in [0.4, 0.5) is 0 Å². The minimum Gasteiger partial charge on any atom is -0.494 e. The van der Waals surface area contributed by atoms with Gasteiger partial charge in [0, 0.05) is 11.3 Å². The molecule has 0 aromatic heterocycles. The average Bonchev–Trinajstić information content (AvgIpc) is 2.51. The van der Waals surface area contributed by atoms with Gasteiger partial charge in [-0.25, -0.2) is 0 Å². The van der Waals surface area contributed by atoms with Crippen molar-refractivity contribution < 1.29 is 9.47 Å². The molecule has 0 aliphatic carbocycles. The molecule has 4 heteroatoms. The van der Waals surface area contributed by atoms with E-state index in [4.69, 9.17) is 32.7 Å². The topological polar surface area (TPSA) is 18.5 Å². The van der Waals surface area contributed by atoms with E-state index in [2.05, 4.69) is 6.92 Å². The van der Waals surface area contributed by atoms with Crippen molar-refractivity contribution in [1.82, 2.24) is 0 Å². The summed E-state index contributed by atoms with van der Waals surface area (Å²) in [5, 5.41) is 2.69. The van der Waals surface area contributed by atoms with Gasteiger partial charge in [-0.3, -0.25) is 0 Å². The van der Waals surface area contributed by atoms with E-state index in [0.717, 1.165) is 48.1 Å². The molecule has 0 saturated carbocycles. The molecule has 0 radical (unpaired) electrons. The van der Waals surface area contributed by atoms with Crippen LogP contribution < -0.4 is 9.47 Å². The lowest BCUT2D eigenvalue weighted by Gasteiger charge is -2.11. The maximum atomic E-state index is 6.42. The van der Waals surface area contributed by atoms with Crippen molar-refractivity contribution in [2.45, 2.75) is 26.2 Å². The van der Waals surface area contributed by atoms with Crippen LogP contribution in [0.15, 0.2) is 30.3 Å². The number of hydrogen-bond donors (Lipinski definition) is 0. The molecule has 0 spiro atoms. The number of benzene rings is 2. The first-order valence-electron chi connectivity index (χ1n) is 7.30. The van der Waals surface area contributed by atoms with Crippen LogP contribution in [0.5, 0.6) is 11.5 Å². The molecule has 0 saturated heterocycles. The number of rotatable bonds is 8. The zero-order valence-electron chi connectivity index (χ0n) is 12.2. The Labute approximate surface area is 136 Å². The van der Waals surface area contributed by atoms with E-state index in [1.165, 1.54) is 0 Å². The van der Waals surface area contributed by atoms with E-state index in [1.807, 2.05) is 30.3 Å². The van der Waals surface area contributed by atoms with E-state index in [0.29, 0.717) is 17.5 Å². The minimum absolute atomic E-state index is 0.635. The number of halogens is 2. The number of fused-ring (bicyclic) bond motifs is 1. The van der Waals surface area contributed by atoms with Crippen LogP contribution in [0.1, 0.15) is 26.2 Å². The van der Waals surface area contributed by atoms with Crippen molar-refractivity contribution in [3.8, 4) is 11.5 Å². The SMILES string of the molecule is CCCOc1ccc2c(Cl)c(OCCCCCl)ccc2c1. The molecular weight excluding hydrogens is 307 g/mol. The monoisotopic (exact) mass is 326 g/mol. The van der Waals surface area contributed by atoms with E-state index < -0.39 is 0 Å². The highest BCUT2D eigenvalue weighted by molar-refractivity contribution is 6.37. The van der Waals surface area contributed by atoms with Gasteiger partial charge < -0.3 is 9.47 Å². The van der Waals surface area contributed by atoms with Gasteiger partial charge in [0.05, 0.1) is 18.2 Å². The molecule has 2 aromatic rings. The van der Waals surface area contributed by atoms with Crippen LogP contribution in [0.3, 0.4) is 0 Å². The van der Waals surface area contributed by atoms with Gasteiger partial charge in [-0.1, -0.05) is 24.6 Å². The smallest absolute Gasteiger partial charge is 0.138 e. The van der Waals surface area contributed by atoms with Crippen molar-refractivity contribution >= 4 is 34.0 Å². The van der Waals surface area contributed by atoms with Crippen molar-refractivity contribution in [1.29, 1.82) is 0 Å². The Bertz CT molecular complexity index is 584. The summed E-state index contributed by atoms with van der Waals surface area (Å²) in [6.07, 6.45) is 2.88. The summed E-state index contributed by atoms with van der Waals surface area (Å²) in [6, 6.07) is 9.86. The van der Waals surface area contributed by atoms with Crippen LogP contribution in [-0.2, 0) is 0 Å². The van der Waals surface area contributed by atoms with Gasteiger partial charge >= 0.3 is 0 Å². The first-order chi connectivity index (χ1) is 10.3. The van der Waals surface area contributed by atoms with Gasteiger partial charge in [0.1, 0.15) is 11.5 Å². The van der Waals surface area contributed by atoms with Gasteiger partial charge in [-0.05, 0) is 48.9 Å². The van der Waals surface area contributed by atoms with Crippen molar-refractivity contribution in [2.75, 3.05) is 19.1 Å². The van der Waals surface area contributed by atoms with Crippen molar-refractivity contribution in [2.24, 2.45) is 0 Å². The van der Waals surface area contributed by atoms with Gasteiger partial charge in [0.15, 0.2) is 0 Å². The Morgan fingerprint density at radius 1 is 1.00 bits per heavy atom. The summed E-state index contributed by atoms with van der Waals surface area (Å²) >= 11 is 12.1. The molecule has 2 aromatic carbocycles. The maximum absolute atomic E-state index is 6.42. The third-order valence-corrected chi connectivity index (χ3v) is 3.81. The second-order valence-corrected chi connectivity index (χ2v) is 5.61. The second-order valence-electron chi connectivity index (χ2n) is 4.85. The fraction of sp³-hybridized carbons (Fsp3) is 0.412. The quantitative estimate of drug-likeness (QED) is 0.459. The normalized spacial score (nSPS) is 10.8. The predicted octanol–water partition coefficient (Wildman–Crippen LogP) is 5.68. The van der Waals surface area contributed by atoms with Crippen LogP contribution in [-0.4, -0.2) is 19.1 Å². The molecule has 2 nitrogen and oxygen atoms in total. The molecule has 0 atom stereocenters. The Hall–Kier alpha value is -1.12. The summed E-state index contributed by atoms with van der Waals surface area (Å²) < 4.78 is 11.4. The number of unbranched alkanes of at least 4 members (excludes halogenated alkanes) is 1. The third-order valence-electron chi connectivity index (χ3n) is 3.15. The zero-order chi connectivity index (χ0) is 15.1. The molecule has 0 amide bonds. The van der Waals surface area contributed by atoms with Crippen LogP contribution in [0, 0.1) is 0 Å². The van der Waals surface area contributed by atoms with E-state index in [1.54, 1.807) is 0 Å². The predicted molar refractivity (Wildman–Crippen MR) is 90.2 cm³/mol.